The van der Waals surface area contributed by atoms with E-state index in [0.717, 1.165) is 23.6 Å². The van der Waals surface area contributed by atoms with Crippen molar-refractivity contribution in [2.24, 2.45) is 7.05 Å². The molecule has 0 aliphatic carbocycles. The van der Waals surface area contributed by atoms with Gasteiger partial charge in [-0.2, -0.15) is 5.10 Å². The molecule has 1 N–H and O–H groups in total. The van der Waals surface area contributed by atoms with Crippen LogP contribution in [0.1, 0.15) is 24.2 Å². The number of carboxylic acids is 1. The van der Waals surface area contributed by atoms with Gasteiger partial charge in [0.1, 0.15) is 12.3 Å². The maximum atomic E-state index is 10.8. The molecule has 0 bridgehead atoms. The summed E-state index contributed by atoms with van der Waals surface area (Å²) in [5, 5.41) is 13.1. The van der Waals surface area contributed by atoms with Crippen LogP contribution in [-0.4, -0.2) is 39.7 Å². The van der Waals surface area contributed by atoms with Crippen LogP contribution in [0.4, 0.5) is 0 Å². The molecule has 0 amide bonds. The van der Waals surface area contributed by atoms with E-state index in [-0.39, 0.29) is 6.10 Å². The van der Waals surface area contributed by atoms with E-state index < -0.39 is 12.1 Å². The van der Waals surface area contributed by atoms with E-state index in [4.69, 9.17) is 14.6 Å². The van der Waals surface area contributed by atoms with Crippen molar-refractivity contribution >= 4 is 5.97 Å². The minimum atomic E-state index is -0.897. The molecule has 1 aromatic heterocycles. The Hall–Kier alpha value is -1.56. The number of hydrogen-bond acceptors (Lipinski definition) is 4. The third-order valence-electron chi connectivity index (χ3n) is 3.24. The summed E-state index contributed by atoms with van der Waals surface area (Å²) in [6, 6.07) is 0. The summed E-state index contributed by atoms with van der Waals surface area (Å²) in [4.78, 5) is 10.8. The zero-order valence-corrected chi connectivity index (χ0v) is 10.8. The van der Waals surface area contributed by atoms with Crippen molar-refractivity contribution in [1.82, 2.24) is 9.78 Å². The molecule has 2 rings (SSSR count). The van der Waals surface area contributed by atoms with Gasteiger partial charge >= 0.3 is 5.97 Å². The Bertz CT molecular complexity index is 455. The molecule has 0 aromatic carbocycles. The zero-order valence-electron chi connectivity index (χ0n) is 10.8. The topological polar surface area (TPSA) is 73.6 Å². The fraction of sp³-hybridized carbons (Fsp3) is 0.667. The molecule has 2 heterocycles. The van der Waals surface area contributed by atoms with E-state index in [1.165, 1.54) is 0 Å². The molecule has 6 heteroatoms. The number of aliphatic carboxylic acids is 1. The van der Waals surface area contributed by atoms with E-state index in [9.17, 15) is 4.79 Å². The third kappa shape index (κ3) is 2.48. The highest BCUT2D eigenvalue weighted by molar-refractivity contribution is 5.72. The number of carbonyl (C=O) groups is 1. The van der Waals surface area contributed by atoms with Gasteiger partial charge in [-0.3, -0.25) is 4.68 Å². The van der Waals surface area contributed by atoms with Crippen LogP contribution in [-0.2, 0) is 16.6 Å². The van der Waals surface area contributed by atoms with Crippen LogP contribution in [0, 0.1) is 13.8 Å². The second-order valence-electron chi connectivity index (χ2n) is 4.60. The summed E-state index contributed by atoms with van der Waals surface area (Å²) in [5.74, 6) is -0.133. The molecule has 1 aliphatic heterocycles. The number of hydrogen-bond donors (Lipinski definition) is 1. The average molecular weight is 254 g/mol. The van der Waals surface area contributed by atoms with Gasteiger partial charge in [-0.05, 0) is 26.7 Å². The largest absolute Gasteiger partial charge is 0.487 e. The average Bonchev–Trinajstić information content (AvgIpc) is 2.85. The summed E-state index contributed by atoms with van der Waals surface area (Å²) in [5.41, 5.74) is 1.79. The molecule has 1 saturated heterocycles. The van der Waals surface area contributed by atoms with Gasteiger partial charge in [0.2, 0.25) is 0 Å². The van der Waals surface area contributed by atoms with E-state index in [2.05, 4.69) is 5.10 Å². The molecule has 0 radical (unpaired) electrons. The number of carboxylic acid groups (broad SMARTS) is 1. The third-order valence-corrected chi connectivity index (χ3v) is 3.24. The van der Waals surface area contributed by atoms with Crippen LogP contribution in [0.15, 0.2) is 0 Å². The molecule has 1 aromatic rings. The Kier molecular flexibility index (Phi) is 3.56. The standard InChI is InChI=1S/C12H18N2O4/c1-7-11(8(2)14(3)13-7)17-6-9-4-5-10(18-9)12(15)16/h9-10H,4-6H2,1-3H3,(H,15,16). The fourth-order valence-corrected chi connectivity index (χ4v) is 2.15. The van der Waals surface area contributed by atoms with Gasteiger partial charge in [0.05, 0.1) is 11.8 Å². The number of ether oxygens (including phenoxy) is 2. The molecular formula is C12H18N2O4. The van der Waals surface area contributed by atoms with Crippen molar-refractivity contribution in [1.29, 1.82) is 0 Å². The molecule has 2 atom stereocenters. The Morgan fingerprint density at radius 1 is 1.56 bits per heavy atom. The van der Waals surface area contributed by atoms with Crippen LogP contribution < -0.4 is 4.74 Å². The minimum absolute atomic E-state index is 0.148. The van der Waals surface area contributed by atoms with Gasteiger partial charge in [-0.15, -0.1) is 0 Å². The number of nitrogens with zero attached hydrogens (tertiary/aromatic N) is 2. The lowest BCUT2D eigenvalue weighted by Crippen LogP contribution is -2.23. The quantitative estimate of drug-likeness (QED) is 0.869. The van der Waals surface area contributed by atoms with E-state index >= 15 is 0 Å². The van der Waals surface area contributed by atoms with Crippen molar-refractivity contribution < 1.29 is 19.4 Å². The highest BCUT2D eigenvalue weighted by Gasteiger charge is 2.31. The Balaban J connectivity index is 1.91. The molecule has 1 fully saturated rings. The lowest BCUT2D eigenvalue weighted by molar-refractivity contribution is -0.149. The van der Waals surface area contributed by atoms with Crippen molar-refractivity contribution in [2.75, 3.05) is 6.61 Å². The molecule has 0 spiro atoms. The molecule has 6 nitrogen and oxygen atoms in total. The smallest absolute Gasteiger partial charge is 0.332 e. The monoisotopic (exact) mass is 254 g/mol. The zero-order chi connectivity index (χ0) is 13.3. The van der Waals surface area contributed by atoms with Crippen LogP contribution in [0.25, 0.3) is 0 Å². The Labute approximate surface area is 106 Å². The highest BCUT2D eigenvalue weighted by Crippen LogP contribution is 2.24. The van der Waals surface area contributed by atoms with Gasteiger partial charge in [-0.1, -0.05) is 0 Å². The summed E-state index contributed by atoms with van der Waals surface area (Å²) >= 11 is 0. The molecule has 2 unspecified atom stereocenters. The Morgan fingerprint density at radius 3 is 2.78 bits per heavy atom. The van der Waals surface area contributed by atoms with Gasteiger partial charge in [0.25, 0.3) is 0 Å². The van der Waals surface area contributed by atoms with E-state index in [1.807, 2.05) is 20.9 Å². The molecule has 100 valence electrons. The maximum absolute atomic E-state index is 10.8. The fourth-order valence-electron chi connectivity index (χ4n) is 2.15. The number of rotatable bonds is 4. The predicted molar refractivity (Wildman–Crippen MR) is 63.7 cm³/mol. The second kappa shape index (κ2) is 4.97. The minimum Gasteiger partial charge on any atom is -0.487 e. The lowest BCUT2D eigenvalue weighted by atomic mass is 10.2. The maximum Gasteiger partial charge on any atom is 0.332 e. The number of aromatic nitrogens is 2. The summed E-state index contributed by atoms with van der Waals surface area (Å²) in [6.45, 7) is 4.19. The molecule has 1 aliphatic rings. The van der Waals surface area contributed by atoms with Crippen LogP contribution in [0.2, 0.25) is 0 Å². The van der Waals surface area contributed by atoms with Crippen molar-refractivity contribution in [2.45, 2.75) is 38.9 Å². The van der Waals surface area contributed by atoms with Gasteiger partial charge < -0.3 is 14.6 Å². The second-order valence-corrected chi connectivity index (χ2v) is 4.60. The number of aryl methyl sites for hydroxylation is 2. The van der Waals surface area contributed by atoms with Crippen molar-refractivity contribution in [3.05, 3.63) is 11.4 Å². The normalized spacial score (nSPS) is 23.3. The summed E-state index contributed by atoms with van der Waals surface area (Å²) in [7, 11) is 1.86. The van der Waals surface area contributed by atoms with Crippen LogP contribution >= 0.6 is 0 Å². The van der Waals surface area contributed by atoms with Crippen molar-refractivity contribution in [3.63, 3.8) is 0 Å². The van der Waals surface area contributed by atoms with Gasteiger partial charge in [-0.25, -0.2) is 4.79 Å². The first kappa shape index (κ1) is 12.9. The molecular weight excluding hydrogens is 236 g/mol. The lowest BCUT2D eigenvalue weighted by Gasteiger charge is -2.12. The van der Waals surface area contributed by atoms with Crippen molar-refractivity contribution in [3.8, 4) is 5.75 Å². The molecule has 0 saturated carbocycles. The molecule has 18 heavy (non-hydrogen) atoms. The van der Waals surface area contributed by atoms with E-state index in [0.29, 0.717) is 13.0 Å². The van der Waals surface area contributed by atoms with Crippen LogP contribution in [0.3, 0.4) is 0 Å². The Morgan fingerprint density at radius 2 is 2.28 bits per heavy atom. The first-order valence-corrected chi connectivity index (χ1v) is 6.00. The van der Waals surface area contributed by atoms with Crippen LogP contribution in [0.5, 0.6) is 5.75 Å². The SMILES string of the molecule is Cc1nn(C)c(C)c1OCC1CCC(C(=O)O)O1. The highest BCUT2D eigenvalue weighted by atomic mass is 16.6. The van der Waals surface area contributed by atoms with E-state index in [1.54, 1.807) is 4.68 Å². The summed E-state index contributed by atoms with van der Waals surface area (Å²) in [6.07, 6.45) is 0.434. The van der Waals surface area contributed by atoms with Gasteiger partial charge in [0.15, 0.2) is 11.9 Å². The summed E-state index contributed by atoms with van der Waals surface area (Å²) < 4.78 is 12.8. The first-order chi connectivity index (χ1) is 8.49. The van der Waals surface area contributed by atoms with Gasteiger partial charge in [0, 0.05) is 7.05 Å². The first-order valence-electron chi connectivity index (χ1n) is 6.00. The predicted octanol–water partition coefficient (Wildman–Crippen LogP) is 1.05.